The van der Waals surface area contributed by atoms with Crippen LogP contribution in [0.3, 0.4) is 0 Å². The summed E-state index contributed by atoms with van der Waals surface area (Å²) in [6.07, 6.45) is 0.632. The summed E-state index contributed by atoms with van der Waals surface area (Å²) >= 11 is 0. The maximum absolute atomic E-state index is 13.7. The molecule has 0 spiro atoms. The molecule has 0 aliphatic carbocycles. The largest absolute Gasteiger partial charge is 0.493 e. The molecule has 33 heavy (non-hydrogen) atoms. The number of carbonyl (C=O) groups excluding carboxylic acids is 1. The Morgan fingerprint density at radius 3 is 2.48 bits per heavy atom. The number of carbonyl (C=O) groups is 1. The van der Waals surface area contributed by atoms with Gasteiger partial charge in [-0.25, -0.2) is 0 Å². The molecule has 4 rings (SSSR count). The van der Waals surface area contributed by atoms with E-state index < -0.39 is 6.04 Å². The Morgan fingerprint density at radius 2 is 1.79 bits per heavy atom. The number of fused-ring (bicyclic) bond motifs is 2. The highest BCUT2D eigenvalue weighted by Crippen LogP contribution is 2.41. The number of hydrogen-bond acceptors (Lipinski definition) is 6. The summed E-state index contributed by atoms with van der Waals surface area (Å²) in [6, 6.07) is 8.58. The van der Waals surface area contributed by atoms with E-state index in [9.17, 15) is 9.59 Å². The molecule has 0 saturated heterocycles. The second-order valence-corrected chi connectivity index (χ2v) is 8.20. The van der Waals surface area contributed by atoms with Gasteiger partial charge in [-0.05, 0) is 68.1 Å². The number of benzene rings is 2. The van der Waals surface area contributed by atoms with Gasteiger partial charge in [-0.3, -0.25) is 9.59 Å². The van der Waals surface area contributed by atoms with Gasteiger partial charge in [0, 0.05) is 20.3 Å². The lowest BCUT2D eigenvalue weighted by Gasteiger charge is -2.25. The summed E-state index contributed by atoms with van der Waals surface area (Å²) in [5.41, 5.74) is 3.36. The van der Waals surface area contributed by atoms with Crippen molar-refractivity contribution in [3.8, 4) is 11.5 Å². The third kappa shape index (κ3) is 3.97. The molecule has 1 unspecified atom stereocenters. The zero-order valence-corrected chi connectivity index (χ0v) is 19.7. The van der Waals surface area contributed by atoms with Crippen LogP contribution in [0.15, 0.2) is 39.5 Å². The highest BCUT2D eigenvalue weighted by Gasteiger charge is 2.42. The van der Waals surface area contributed by atoms with E-state index in [0.29, 0.717) is 54.2 Å². The van der Waals surface area contributed by atoms with Crippen LogP contribution < -0.4 is 14.9 Å². The topological polar surface area (TPSA) is 78.2 Å². The smallest absolute Gasteiger partial charge is 0.290 e. The van der Waals surface area contributed by atoms with Crippen molar-refractivity contribution in [2.24, 2.45) is 0 Å². The van der Waals surface area contributed by atoms with E-state index in [1.807, 2.05) is 51.1 Å². The van der Waals surface area contributed by atoms with Gasteiger partial charge in [0.15, 0.2) is 16.9 Å². The van der Waals surface area contributed by atoms with Gasteiger partial charge in [-0.15, -0.1) is 0 Å². The molecule has 0 fully saturated rings. The molecule has 7 nitrogen and oxygen atoms in total. The van der Waals surface area contributed by atoms with Crippen molar-refractivity contribution in [2.45, 2.75) is 33.2 Å². The highest BCUT2D eigenvalue weighted by molar-refractivity contribution is 5.99. The van der Waals surface area contributed by atoms with Gasteiger partial charge in [0.25, 0.3) is 5.91 Å². The fraction of sp³-hybridized carbons (Fsp3) is 0.385. The normalized spacial score (nSPS) is 15.2. The predicted octanol–water partition coefficient (Wildman–Crippen LogP) is 4.40. The molecule has 0 saturated carbocycles. The van der Waals surface area contributed by atoms with Crippen LogP contribution in [-0.2, 0) is 4.74 Å². The molecule has 1 amide bonds. The van der Waals surface area contributed by atoms with Crippen molar-refractivity contribution in [1.29, 1.82) is 0 Å². The van der Waals surface area contributed by atoms with Crippen LogP contribution in [0.25, 0.3) is 11.0 Å². The quantitative estimate of drug-likeness (QED) is 0.473. The minimum absolute atomic E-state index is 0.103. The summed E-state index contributed by atoms with van der Waals surface area (Å²) in [6.45, 7) is 7.23. The van der Waals surface area contributed by atoms with E-state index in [2.05, 4.69) is 0 Å². The lowest BCUT2D eigenvalue weighted by atomic mass is 9.97. The maximum Gasteiger partial charge on any atom is 0.290 e. The first-order chi connectivity index (χ1) is 15.9. The molecule has 0 N–H and O–H groups in total. The van der Waals surface area contributed by atoms with E-state index in [0.717, 1.165) is 16.7 Å². The number of nitrogens with zero attached hydrogens (tertiary/aromatic N) is 1. The van der Waals surface area contributed by atoms with Crippen LogP contribution in [0.5, 0.6) is 11.5 Å². The summed E-state index contributed by atoms with van der Waals surface area (Å²) < 4.78 is 22.4. The van der Waals surface area contributed by atoms with Gasteiger partial charge in [0.05, 0.1) is 30.7 Å². The zero-order chi connectivity index (χ0) is 23.7. The molecule has 1 aromatic heterocycles. The Hall–Kier alpha value is -3.32. The molecule has 174 valence electrons. The molecular formula is C26H29NO6. The lowest BCUT2D eigenvalue weighted by Crippen LogP contribution is -2.31. The van der Waals surface area contributed by atoms with Crippen LogP contribution >= 0.6 is 0 Å². The zero-order valence-electron chi connectivity index (χ0n) is 19.7. The van der Waals surface area contributed by atoms with Gasteiger partial charge in [0.1, 0.15) is 5.58 Å². The number of methoxy groups -OCH3 is 2. The first-order valence-corrected chi connectivity index (χ1v) is 11.1. The van der Waals surface area contributed by atoms with Crippen LogP contribution in [0.1, 0.15) is 52.2 Å². The fourth-order valence-corrected chi connectivity index (χ4v) is 4.36. The maximum atomic E-state index is 13.7. The monoisotopic (exact) mass is 451 g/mol. The molecular weight excluding hydrogens is 422 g/mol. The molecule has 0 radical (unpaired) electrons. The number of hydrogen-bond donors (Lipinski definition) is 0. The van der Waals surface area contributed by atoms with Gasteiger partial charge in [-0.1, -0.05) is 6.07 Å². The first kappa shape index (κ1) is 22.9. The number of rotatable bonds is 8. The number of ether oxygens (including phenoxy) is 3. The average molecular weight is 452 g/mol. The SMILES string of the molecule is CCOc1ccc(C2c3c(oc4cc(C)c(C)cc4c3=O)C(=O)N2CCCOC)cc1OC. The van der Waals surface area contributed by atoms with Crippen molar-refractivity contribution in [1.82, 2.24) is 4.90 Å². The van der Waals surface area contributed by atoms with Gasteiger partial charge >= 0.3 is 0 Å². The van der Waals surface area contributed by atoms with Crippen molar-refractivity contribution in [2.75, 3.05) is 34.0 Å². The minimum atomic E-state index is -0.587. The predicted molar refractivity (Wildman–Crippen MR) is 125 cm³/mol. The van der Waals surface area contributed by atoms with Gasteiger partial charge in [0.2, 0.25) is 5.76 Å². The van der Waals surface area contributed by atoms with E-state index in [4.69, 9.17) is 18.6 Å². The summed E-state index contributed by atoms with van der Waals surface area (Å²) in [5, 5.41) is 0.478. The van der Waals surface area contributed by atoms with E-state index >= 15 is 0 Å². The minimum Gasteiger partial charge on any atom is -0.493 e. The second-order valence-electron chi connectivity index (χ2n) is 8.20. The second kappa shape index (κ2) is 9.27. The lowest BCUT2D eigenvalue weighted by molar-refractivity contribution is 0.0707. The van der Waals surface area contributed by atoms with Crippen LogP contribution in [0.2, 0.25) is 0 Å². The molecule has 3 aromatic rings. The third-order valence-corrected chi connectivity index (χ3v) is 6.13. The summed E-state index contributed by atoms with van der Waals surface area (Å²) in [5.74, 6) is 0.960. The van der Waals surface area contributed by atoms with Crippen LogP contribution in [-0.4, -0.2) is 44.8 Å². The first-order valence-electron chi connectivity index (χ1n) is 11.1. The standard InChI is InChI=1S/C26H29NO6/c1-6-32-19-9-8-17(14-21(19)31-5)23-22-24(28)18-12-15(2)16(3)13-20(18)33-25(22)26(29)27(23)10-7-11-30-4/h8-9,12-14,23H,6-7,10-11H2,1-5H3. The number of aryl methyl sites for hydroxylation is 2. The van der Waals surface area contributed by atoms with Gasteiger partial charge in [-0.2, -0.15) is 0 Å². The Kier molecular flexibility index (Phi) is 6.42. The summed E-state index contributed by atoms with van der Waals surface area (Å²) in [4.78, 5) is 28.8. The van der Waals surface area contributed by atoms with Crippen molar-refractivity contribution in [3.63, 3.8) is 0 Å². The van der Waals surface area contributed by atoms with Crippen LogP contribution in [0, 0.1) is 13.8 Å². The molecule has 1 aliphatic heterocycles. The van der Waals surface area contributed by atoms with Crippen LogP contribution in [0.4, 0.5) is 0 Å². The van der Waals surface area contributed by atoms with Gasteiger partial charge < -0.3 is 23.5 Å². The Labute approximate surface area is 192 Å². The fourth-order valence-electron chi connectivity index (χ4n) is 4.36. The van der Waals surface area contributed by atoms with E-state index in [1.165, 1.54) is 0 Å². The van der Waals surface area contributed by atoms with E-state index in [-0.39, 0.29) is 17.1 Å². The van der Waals surface area contributed by atoms with Crippen molar-refractivity contribution < 1.29 is 23.4 Å². The molecule has 7 heteroatoms. The van der Waals surface area contributed by atoms with Crippen molar-refractivity contribution >= 4 is 16.9 Å². The molecule has 1 aliphatic rings. The Balaban J connectivity index is 1.92. The third-order valence-electron chi connectivity index (χ3n) is 6.13. The van der Waals surface area contributed by atoms with Crippen molar-refractivity contribution in [3.05, 3.63) is 68.6 Å². The Bertz CT molecular complexity index is 1260. The molecule has 2 aromatic carbocycles. The van der Waals surface area contributed by atoms with E-state index in [1.54, 1.807) is 19.1 Å². The number of amides is 1. The summed E-state index contributed by atoms with van der Waals surface area (Å²) in [7, 11) is 3.19. The average Bonchev–Trinajstić information content (AvgIpc) is 3.08. The molecule has 1 atom stereocenters. The highest BCUT2D eigenvalue weighted by atomic mass is 16.5. The molecule has 0 bridgehead atoms. The molecule has 2 heterocycles. The Morgan fingerprint density at radius 1 is 1.03 bits per heavy atom.